The molecule has 1 aromatic heterocycles. The summed E-state index contributed by atoms with van der Waals surface area (Å²) >= 11 is 0. The molecule has 0 aliphatic carbocycles. The number of nitrogens with zero attached hydrogens (tertiary/aromatic N) is 4. The molecule has 0 aromatic carbocycles. The van der Waals surface area contributed by atoms with E-state index in [1.807, 2.05) is 0 Å². The molecule has 0 saturated carbocycles. The summed E-state index contributed by atoms with van der Waals surface area (Å²) < 4.78 is 0. The standard InChI is InChI=1S/C8H10N4O/c1-12(2)6-11-8(13)7-5-9-3-4-10-7/h3-6H,1-2H3/b11-6+. The van der Waals surface area contributed by atoms with Gasteiger partial charge in [0.05, 0.1) is 12.5 Å². The van der Waals surface area contributed by atoms with Crippen molar-refractivity contribution in [2.75, 3.05) is 14.1 Å². The van der Waals surface area contributed by atoms with Crippen molar-refractivity contribution >= 4 is 12.2 Å². The molecule has 0 bridgehead atoms. The van der Waals surface area contributed by atoms with Gasteiger partial charge < -0.3 is 4.90 Å². The Bertz CT molecular complexity index is 307. The molecule has 5 nitrogen and oxygen atoms in total. The lowest BCUT2D eigenvalue weighted by atomic mass is 10.4. The average Bonchev–Trinajstić information content (AvgIpc) is 2.15. The maximum Gasteiger partial charge on any atom is 0.298 e. The van der Waals surface area contributed by atoms with E-state index < -0.39 is 0 Å². The third-order valence-corrected chi connectivity index (χ3v) is 1.19. The van der Waals surface area contributed by atoms with Gasteiger partial charge in [-0.3, -0.25) is 9.78 Å². The van der Waals surface area contributed by atoms with Crippen molar-refractivity contribution in [2.45, 2.75) is 0 Å². The van der Waals surface area contributed by atoms with E-state index in [4.69, 9.17) is 0 Å². The SMILES string of the molecule is CN(C)/C=N/C(=O)c1cnccn1. The summed E-state index contributed by atoms with van der Waals surface area (Å²) in [6, 6.07) is 0. The zero-order chi connectivity index (χ0) is 9.68. The van der Waals surface area contributed by atoms with E-state index in [1.165, 1.54) is 24.9 Å². The second-order valence-corrected chi connectivity index (χ2v) is 2.60. The number of amides is 1. The van der Waals surface area contributed by atoms with Crippen molar-refractivity contribution in [1.82, 2.24) is 14.9 Å². The van der Waals surface area contributed by atoms with Gasteiger partial charge >= 0.3 is 0 Å². The lowest BCUT2D eigenvalue weighted by molar-refractivity contribution is 0.0997. The van der Waals surface area contributed by atoms with Crippen LogP contribution in [0.15, 0.2) is 23.6 Å². The van der Waals surface area contributed by atoms with Crippen LogP contribution in [-0.2, 0) is 0 Å². The summed E-state index contributed by atoms with van der Waals surface area (Å²) in [5, 5.41) is 0. The molecule has 1 amide bonds. The Morgan fingerprint density at radius 3 is 2.85 bits per heavy atom. The van der Waals surface area contributed by atoms with E-state index in [0.29, 0.717) is 0 Å². The van der Waals surface area contributed by atoms with Gasteiger partial charge in [-0.05, 0) is 0 Å². The first-order valence-corrected chi connectivity index (χ1v) is 3.71. The third-order valence-electron chi connectivity index (χ3n) is 1.19. The van der Waals surface area contributed by atoms with E-state index >= 15 is 0 Å². The van der Waals surface area contributed by atoms with Crippen molar-refractivity contribution in [3.05, 3.63) is 24.3 Å². The molecule has 0 aliphatic rings. The monoisotopic (exact) mass is 178 g/mol. The number of carbonyl (C=O) groups is 1. The minimum absolute atomic E-state index is 0.251. The molecule has 13 heavy (non-hydrogen) atoms. The smallest absolute Gasteiger partial charge is 0.298 e. The van der Waals surface area contributed by atoms with Crippen LogP contribution >= 0.6 is 0 Å². The second kappa shape index (κ2) is 4.30. The summed E-state index contributed by atoms with van der Waals surface area (Å²) in [7, 11) is 3.57. The maximum atomic E-state index is 11.2. The van der Waals surface area contributed by atoms with Gasteiger partial charge in [-0.15, -0.1) is 0 Å². The van der Waals surface area contributed by atoms with Crippen LogP contribution in [-0.4, -0.2) is 41.2 Å². The molecule has 0 saturated heterocycles. The molecular formula is C8H10N4O. The Kier molecular flexibility index (Phi) is 3.08. The first-order valence-electron chi connectivity index (χ1n) is 3.71. The van der Waals surface area contributed by atoms with E-state index in [9.17, 15) is 4.79 Å². The number of rotatable bonds is 2. The number of aromatic nitrogens is 2. The summed E-state index contributed by atoms with van der Waals surface area (Å²) in [6.45, 7) is 0. The first kappa shape index (κ1) is 9.31. The largest absolute Gasteiger partial charge is 0.369 e. The van der Waals surface area contributed by atoms with Crippen molar-refractivity contribution in [2.24, 2.45) is 4.99 Å². The fourth-order valence-electron chi connectivity index (χ4n) is 0.644. The molecule has 0 aliphatic heterocycles. The van der Waals surface area contributed by atoms with Gasteiger partial charge in [0, 0.05) is 26.5 Å². The highest BCUT2D eigenvalue weighted by Crippen LogP contribution is 1.92. The van der Waals surface area contributed by atoms with Gasteiger partial charge in [0.2, 0.25) is 0 Å². The quantitative estimate of drug-likeness (QED) is 0.479. The Hall–Kier alpha value is -1.78. The molecule has 0 fully saturated rings. The normalized spacial score (nSPS) is 10.3. The highest BCUT2D eigenvalue weighted by molar-refractivity contribution is 5.96. The van der Waals surface area contributed by atoms with Crippen LogP contribution in [0.25, 0.3) is 0 Å². The number of carbonyl (C=O) groups excluding carboxylic acids is 1. The summed E-state index contributed by atoms with van der Waals surface area (Å²) in [5.41, 5.74) is 0.251. The lowest BCUT2D eigenvalue weighted by Gasteiger charge is -2.00. The van der Waals surface area contributed by atoms with Gasteiger partial charge in [0.25, 0.3) is 5.91 Å². The predicted molar refractivity (Wildman–Crippen MR) is 48.5 cm³/mol. The summed E-state index contributed by atoms with van der Waals surface area (Å²) in [4.78, 5) is 24.1. The summed E-state index contributed by atoms with van der Waals surface area (Å²) in [6.07, 6.45) is 5.78. The van der Waals surface area contributed by atoms with Gasteiger partial charge in [0.1, 0.15) is 5.69 Å². The highest BCUT2D eigenvalue weighted by Gasteiger charge is 2.02. The number of hydrogen-bond donors (Lipinski definition) is 0. The van der Waals surface area contributed by atoms with Gasteiger partial charge in [-0.25, -0.2) is 4.98 Å². The molecule has 0 unspecified atom stereocenters. The minimum Gasteiger partial charge on any atom is -0.369 e. The molecule has 0 radical (unpaired) electrons. The molecular weight excluding hydrogens is 168 g/mol. The minimum atomic E-state index is -0.387. The van der Waals surface area contributed by atoms with E-state index in [1.54, 1.807) is 19.0 Å². The van der Waals surface area contributed by atoms with Crippen molar-refractivity contribution in [1.29, 1.82) is 0 Å². The lowest BCUT2D eigenvalue weighted by Crippen LogP contribution is -2.10. The molecule has 1 heterocycles. The molecule has 1 rings (SSSR count). The van der Waals surface area contributed by atoms with Crippen molar-refractivity contribution in [3.8, 4) is 0 Å². The molecule has 0 spiro atoms. The van der Waals surface area contributed by atoms with Crippen LogP contribution in [0.4, 0.5) is 0 Å². The van der Waals surface area contributed by atoms with Crippen LogP contribution in [0.1, 0.15) is 10.5 Å². The zero-order valence-electron chi connectivity index (χ0n) is 7.51. The van der Waals surface area contributed by atoms with E-state index in [2.05, 4.69) is 15.0 Å². The van der Waals surface area contributed by atoms with Crippen molar-refractivity contribution in [3.63, 3.8) is 0 Å². The maximum absolute atomic E-state index is 11.2. The van der Waals surface area contributed by atoms with E-state index in [-0.39, 0.29) is 11.6 Å². The van der Waals surface area contributed by atoms with Crippen LogP contribution < -0.4 is 0 Å². The number of hydrogen-bond acceptors (Lipinski definition) is 3. The average molecular weight is 178 g/mol. The van der Waals surface area contributed by atoms with Crippen LogP contribution in [0.3, 0.4) is 0 Å². The molecule has 0 atom stereocenters. The second-order valence-electron chi connectivity index (χ2n) is 2.60. The Morgan fingerprint density at radius 2 is 2.31 bits per heavy atom. The van der Waals surface area contributed by atoms with Crippen molar-refractivity contribution < 1.29 is 4.79 Å². The highest BCUT2D eigenvalue weighted by atomic mass is 16.1. The summed E-state index contributed by atoms with van der Waals surface area (Å²) in [5.74, 6) is -0.387. The predicted octanol–water partition coefficient (Wildman–Crippen LogP) is 0.207. The number of aliphatic imine (C=N–C) groups is 1. The Balaban J connectivity index is 2.70. The Labute approximate surface area is 76.1 Å². The molecule has 68 valence electrons. The van der Waals surface area contributed by atoms with E-state index in [0.717, 1.165) is 0 Å². The third kappa shape index (κ3) is 2.98. The molecule has 1 aromatic rings. The Morgan fingerprint density at radius 1 is 1.54 bits per heavy atom. The fraction of sp³-hybridized carbons (Fsp3) is 0.250. The fourth-order valence-corrected chi connectivity index (χ4v) is 0.644. The molecule has 5 heteroatoms. The first-order chi connectivity index (χ1) is 6.20. The van der Waals surface area contributed by atoms with Crippen LogP contribution in [0.2, 0.25) is 0 Å². The zero-order valence-corrected chi connectivity index (χ0v) is 7.51. The van der Waals surface area contributed by atoms with Crippen LogP contribution in [0, 0.1) is 0 Å². The topological polar surface area (TPSA) is 58.5 Å². The van der Waals surface area contributed by atoms with Crippen LogP contribution in [0.5, 0.6) is 0 Å². The molecule has 0 N–H and O–H groups in total. The van der Waals surface area contributed by atoms with Gasteiger partial charge in [-0.2, -0.15) is 4.99 Å². The van der Waals surface area contributed by atoms with Gasteiger partial charge in [-0.1, -0.05) is 0 Å². The van der Waals surface area contributed by atoms with Gasteiger partial charge in [0.15, 0.2) is 0 Å².